The smallest absolute Gasteiger partial charge is 0.344 e. The predicted octanol–water partition coefficient (Wildman–Crippen LogP) is 10.5. The van der Waals surface area contributed by atoms with Gasteiger partial charge in [0.25, 0.3) is 5.92 Å². The van der Waals surface area contributed by atoms with E-state index in [4.69, 9.17) is 0 Å². The van der Waals surface area contributed by atoms with Crippen LogP contribution < -0.4 is 0 Å². The van der Waals surface area contributed by atoms with Crippen LogP contribution in [0.5, 0.6) is 0 Å². The highest BCUT2D eigenvalue weighted by atomic mass is 32.2. The van der Waals surface area contributed by atoms with Crippen molar-refractivity contribution in [2.75, 3.05) is 25.6 Å². The van der Waals surface area contributed by atoms with E-state index >= 15 is 0 Å². The molecule has 6 rings (SSSR count). The van der Waals surface area contributed by atoms with E-state index in [1.165, 1.54) is 43.2 Å². The van der Waals surface area contributed by atoms with Gasteiger partial charge in [0.1, 0.15) is 6.61 Å². The van der Waals surface area contributed by atoms with Crippen molar-refractivity contribution in [1.82, 2.24) is 0 Å². The van der Waals surface area contributed by atoms with Gasteiger partial charge in [-0.2, -0.15) is 0 Å². The molecule has 14 heteroatoms. The van der Waals surface area contributed by atoms with Gasteiger partial charge in [0.15, 0.2) is 42.6 Å². The average Bonchev–Trinajstić information content (AvgIpc) is 3.30. The van der Waals surface area contributed by atoms with Crippen molar-refractivity contribution in [1.29, 1.82) is 0 Å². The van der Waals surface area contributed by atoms with Gasteiger partial charge in [-0.3, -0.25) is 0 Å². The number of carbonyl (C=O) groups is 3. The molecule has 0 N–H and O–H groups in total. The molecule has 0 bridgehead atoms. The lowest BCUT2D eigenvalue weighted by Crippen LogP contribution is -2.24. The highest BCUT2D eigenvalue weighted by Crippen LogP contribution is 2.31. The summed E-state index contributed by atoms with van der Waals surface area (Å²) in [5, 5.41) is 0. The van der Waals surface area contributed by atoms with E-state index in [0.717, 1.165) is 0 Å². The lowest BCUT2D eigenvalue weighted by molar-refractivity contribution is -0.163. The lowest BCUT2D eigenvalue weighted by atomic mass is 10.4. The quantitative estimate of drug-likeness (QED) is 0.0324. The number of halogens is 2. The molecule has 0 aliphatic heterocycles. The predicted molar refractivity (Wildman–Crippen MR) is 251 cm³/mol. The number of hydrogen-bond acceptors (Lipinski definition) is 9. The molecule has 9 nitrogen and oxygen atoms in total. The molecule has 0 atom stereocenters. The zero-order valence-corrected chi connectivity index (χ0v) is 38.7. The van der Waals surface area contributed by atoms with Gasteiger partial charge in [-0.25, -0.2) is 31.6 Å². The Morgan fingerprint density at radius 3 is 1.02 bits per heavy atom. The zero-order valence-electron chi connectivity index (χ0n) is 36.2. The standard InChI is InChI=1S/2C18H15S.C9H12F2O4.C6H10O5S/c2*1-4-10-16(11-5-1)19(17-12-6-2-7-13-17)18-14-8-3-9-15-18;1-6(2)8(13)14-4-7(12)15-5-9(3,10)11;1-5(2)6(7)11-3-4-12(8,9)10/h2*1-15H;1,4-5H2,2-3H3;1,3-4H2,2H3,(H,8,9,10)/q2*+1;;/p-1. The second-order valence-corrected chi connectivity index (χ2v) is 19.3. The molecule has 0 heterocycles. The van der Waals surface area contributed by atoms with E-state index in [2.05, 4.69) is 209 Å². The minimum absolute atomic E-state index is 0.0146. The normalized spacial score (nSPS) is 10.6. The molecule has 0 aliphatic rings. The highest BCUT2D eigenvalue weighted by molar-refractivity contribution is 7.97. The second-order valence-electron chi connectivity index (χ2n) is 13.8. The largest absolute Gasteiger partial charge is 0.748 e. The Balaban J connectivity index is 0.000000235. The molecule has 6 aromatic rings. The minimum atomic E-state index is -4.30. The van der Waals surface area contributed by atoms with Crippen molar-refractivity contribution in [3.8, 4) is 0 Å². The summed E-state index contributed by atoms with van der Waals surface area (Å²) in [7, 11) is -4.33. The van der Waals surface area contributed by atoms with Gasteiger partial charge in [-0.1, -0.05) is 122 Å². The lowest BCUT2D eigenvalue weighted by Gasteiger charge is -2.10. The minimum Gasteiger partial charge on any atom is -0.748 e. The molecule has 0 aromatic heterocycles. The van der Waals surface area contributed by atoms with Crippen LogP contribution in [-0.4, -0.2) is 62.4 Å². The zero-order chi connectivity index (χ0) is 47.7. The van der Waals surface area contributed by atoms with E-state index in [-0.39, 0.29) is 32.9 Å². The van der Waals surface area contributed by atoms with Crippen LogP contribution in [0.2, 0.25) is 0 Å². The Labute approximate surface area is 386 Å². The van der Waals surface area contributed by atoms with Crippen molar-refractivity contribution in [3.05, 3.63) is 206 Å². The summed E-state index contributed by atoms with van der Waals surface area (Å²) in [4.78, 5) is 40.3. The molecule has 0 spiro atoms. The molecule has 0 saturated heterocycles. The molecular formula is C51H51F2O9S3+. The van der Waals surface area contributed by atoms with E-state index in [1.807, 2.05) is 0 Å². The van der Waals surface area contributed by atoms with E-state index in [0.29, 0.717) is 6.92 Å². The van der Waals surface area contributed by atoms with Crippen LogP contribution >= 0.6 is 0 Å². The van der Waals surface area contributed by atoms with Crippen LogP contribution in [-0.2, 0) is 60.5 Å². The number of ether oxygens (including phenoxy) is 3. The Kier molecular flexibility index (Phi) is 22.7. The summed E-state index contributed by atoms with van der Waals surface area (Å²) in [6.45, 7) is 7.83. The Bertz CT molecular complexity index is 2170. The van der Waals surface area contributed by atoms with Crippen molar-refractivity contribution in [3.63, 3.8) is 0 Å². The molecule has 0 aliphatic carbocycles. The second kappa shape index (κ2) is 27.8. The molecular weight excluding hydrogens is 891 g/mol. The fourth-order valence-electron chi connectivity index (χ4n) is 5.01. The van der Waals surface area contributed by atoms with Crippen LogP contribution in [0.15, 0.2) is 236 Å². The molecule has 0 unspecified atom stereocenters. The highest BCUT2D eigenvalue weighted by Gasteiger charge is 2.29. The third kappa shape index (κ3) is 21.3. The Morgan fingerprint density at radius 1 is 0.523 bits per heavy atom. The van der Waals surface area contributed by atoms with Crippen molar-refractivity contribution in [2.24, 2.45) is 0 Å². The molecule has 0 saturated carbocycles. The summed E-state index contributed by atoms with van der Waals surface area (Å²) >= 11 is 0. The number of esters is 3. The van der Waals surface area contributed by atoms with Crippen molar-refractivity contribution >= 4 is 49.8 Å². The van der Waals surface area contributed by atoms with Crippen LogP contribution in [0, 0.1) is 0 Å². The van der Waals surface area contributed by atoms with Crippen LogP contribution in [0.4, 0.5) is 8.78 Å². The van der Waals surface area contributed by atoms with Crippen LogP contribution in [0.3, 0.4) is 0 Å². The van der Waals surface area contributed by atoms with Crippen LogP contribution in [0.25, 0.3) is 0 Å². The first kappa shape index (κ1) is 53.0. The molecule has 0 amide bonds. The van der Waals surface area contributed by atoms with Crippen molar-refractivity contribution in [2.45, 2.75) is 56.1 Å². The van der Waals surface area contributed by atoms with Gasteiger partial charge in [-0.15, -0.1) is 0 Å². The van der Waals surface area contributed by atoms with Crippen LogP contribution in [0.1, 0.15) is 20.8 Å². The number of alkyl halides is 2. The summed E-state index contributed by atoms with van der Waals surface area (Å²) < 4.78 is 67.3. The number of hydrogen-bond donors (Lipinski definition) is 0. The molecule has 65 heavy (non-hydrogen) atoms. The Morgan fingerprint density at radius 2 is 0.785 bits per heavy atom. The molecule has 6 aromatic carbocycles. The van der Waals surface area contributed by atoms with Gasteiger partial charge in [-0.05, 0) is 86.6 Å². The van der Waals surface area contributed by atoms with E-state index in [9.17, 15) is 36.1 Å². The third-order valence-electron chi connectivity index (χ3n) is 7.94. The summed E-state index contributed by atoms with van der Waals surface area (Å²) in [5.41, 5.74) is 0.280. The SMILES string of the molecule is C=C(C)C(=O)OCC(=O)OCC(C)(F)F.C=C(C)C(=O)OCCS(=O)(=O)[O-].c1ccc([S+](c2ccccc2)c2ccccc2)cc1.c1ccc([S+](c2ccccc2)c2ccccc2)cc1. The summed E-state index contributed by atoms with van der Waals surface area (Å²) in [5.74, 6) is -6.28. The summed E-state index contributed by atoms with van der Waals surface area (Å²) in [6, 6.07) is 64.3. The monoisotopic (exact) mass is 941 g/mol. The first-order valence-electron chi connectivity index (χ1n) is 19.9. The maximum Gasteiger partial charge on any atom is 0.344 e. The third-order valence-corrected chi connectivity index (χ3v) is 13.1. The fourth-order valence-corrected chi connectivity index (χ4v) is 9.51. The summed E-state index contributed by atoms with van der Waals surface area (Å²) in [6.07, 6.45) is 0. The number of benzene rings is 6. The first-order valence-corrected chi connectivity index (χ1v) is 23.9. The van der Waals surface area contributed by atoms with E-state index < -0.39 is 59.5 Å². The number of rotatable bonds is 15. The Hall–Kier alpha value is -6.32. The van der Waals surface area contributed by atoms with Gasteiger partial charge in [0.2, 0.25) is 0 Å². The van der Waals surface area contributed by atoms with Gasteiger partial charge in [0, 0.05) is 18.1 Å². The molecule has 0 radical (unpaired) electrons. The van der Waals surface area contributed by atoms with Gasteiger partial charge < -0.3 is 18.8 Å². The number of carbonyl (C=O) groups excluding carboxylic acids is 3. The first-order chi connectivity index (χ1) is 30.9. The maximum absolute atomic E-state index is 12.2. The fraction of sp³-hybridized carbons (Fsp3) is 0.157. The average molecular weight is 942 g/mol. The van der Waals surface area contributed by atoms with Crippen molar-refractivity contribution < 1.29 is 50.3 Å². The van der Waals surface area contributed by atoms with Gasteiger partial charge in [0.05, 0.1) is 37.7 Å². The molecule has 0 fully saturated rings. The maximum atomic E-state index is 12.2. The van der Waals surface area contributed by atoms with Gasteiger partial charge >= 0.3 is 17.9 Å². The molecule has 340 valence electrons. The van der Waals surface area contributed by atoms with E-state index in [1.54, 1.807) is 0 Å². The topological polar surface area (TPSA) is 136 Å².